The molecule has 0 bridgehead atoms. The van der Waals surface area contributed by atoms with Crippen molar-refractivity contribution in [3.63, 3.8) is 0 Å². The second-order valence-electron chi connectivity index (χ2n) is 5.41. The summed E-state index contributed by atoms with van der Waals surface area (Å²) >= 11 is 3.39. The standard InChI is InChI=1S/C15H16BrNO5/c16-11-6-10(7-12-13(11)22-5-4-21-12)14(18)17-3-1-2-9(8-17)15(19)20/h6-7,9H,1-5,8H2,(H,19,20)/t9-/m1/s1. The SMILES string of the molecule is O=C(O)[C@@H]1CCCN(C(=O)c2cc(Br)c3c(c2)OCCO3)C1. The smallest absolute Gasteiger partial charge is 0.308 e. The Kier molecular flexibility index (Phi) is 4.24. The van der Waals surface area contributed by atoms with Gasteiger partial charge in [-0.2, -0.15) is 0 Å². The number of likely N-dealkylation sites (tertiary alicyclic amines) is 1. The average molecular weight is 370 g/mol. The topological polar surface area (TPSA) is 76.1 Å². The van der Waals surface area contributed by atoms with Crippen molar-refractivity contribution in [3.8, 4) is 11.5 Å². The fraction of sp³-hybridized carbons (Fsp3) is 0.467. The Hall–Kier alpha value is -1.76. The van der Waals surface area contributed by atoms with Gasteiger partial charge in [0.25, 0.3) is 5.91 Å². The fourth-order valence-corrected chi connectivity index (χ4v) is 3.34. The molecule has 1 fully saturated rings. The van der Waals surface area contributed by atoms with Gasteiger partial charge < -0.3 is 19.5 Å². The highest BCUT2D eigenvalue weighted by Gasteiger charge is 2.29. The quantitative estimate of drug-likeness (QED) is 0.864. The van der Waals surface area contributed by atoms with Crippen molar-refractivity contribution in [2.45, 2.75) is 12.8 Å². The van der Waals surface area contributed by atoms with Crippen LogP contribution in [-0.4, -0.2) is 48.2 Å². The summed E-state index contributed by atoms with van der Waals surface area (Å²) in [5.41, 5.74) is 0.474. The maximum absolute atomic E-state index is 12.6. The van der Waals surface area contributed by atoms with Crippen molar-refractivity contribution < 1.29 is 24.2 Å². The first-order valence-corrected chi connectivity index (χ1v) is 7.97. The molecule has 2 aliphatic rings. The number of hydrogen-bond acceptors (Lipinski definition) is 4. The van der Waals surface area contributed by atoms with E-state index in [2.05, 4.69) is 15.9 Å². The third-order valence-electron chi connectivity index (χ3n) is 3.90. The third kappa shape index (κ3) is 2.90. The number of piperidine rings is 1. The van der Waals surface area contributed by atoms with Crippen LogP contribution in [0.15, 0.2) is 16.6 Å². The lowest BCUT2D eigenvalue weighted by atomic mass is 9.97. The van der Waals surface area contributed by atoms with Crippen molar-refractivity contribution >= 4 is 27.8 Å². The van der Waals surface area contributed by atoms with Crippen LogP contribution in [0.1, 0.15) is 23.2 Å². The van der Waals surface area contributed by atoms with Gasteiger partial charge in [-0.05, 0) is 40.9 Å². The van der Waals surface area contributed by atoms with Gasteiger partial charge in [-0.15, -0.1) is 0 Å². The first-order valence-electron chi connectivity index (χ1n) is 7.17. The number of fused-ring (bicyclic) bond motifs is 1. The molecule has 1 saturated heterocycles. The minimum atomic E-state index is -0.846. The highest BCUT2D eigenvalue weighted by atomic mass is 79.9. The summed E-state index contributed by atoms with van der Waals surface area (Å²) in [5.74, 6) is -0.372. The van der Waals surface area contributed by atoms with Gasteiger partial charge in [0.05, 0.1) is 10.4 Å². The molecular weight excluding hydrogens is 354 g/mol. The summed E-state index contributed by atoms with van der Waals surface area (Å²) in [6.45, 7) is 1.75. The molecule has 22 heavy (non-hydrogen) atoms. The molecule has 0 aromatic heterocycles. The highest BCUT2D eigenvalue weighted by Crippen LogP contribution is 2.39. The third-order valence-corrected chi connectivity index (χ3v) is 4.49. The van der Waals surface area contributed by atoms with Crippen molar-refractivity contribution in [2.75, 3.05) is 26.3 Å². The van der Waals surface area contributed by atoms with Crippen LogP contribution >= 0.6 is 15.9 Å². The molecule has 1 atom stereocenters. The first-order chi connectivity index (χ1) is 10.6. The van der Waals surface area contributed by atoms with E-state index >= 15 is 0 Å². The van der Waals surface area contributed by atoms with Crippen LogP contribution in [0.5, 0.6) is 11.5 Å². The lowest BCUT2D eigenvalue weighted by molar-refractivity contribution is -0.143. The number of carbonyl (C=O) groups is 2. The van der Waals surface area contributed by atoms with Crippen molar-refractivity contribution in [3.05, 3.63) is 22.2 Å². The molecule has 118 valence electrons. The van der Waals surface area contributed by atoms with Crippen LogP contribution in [0, 0.1) is 5.92 Å². The molecule has 0 aliphatic carbocycles. The molecule has 0 saturated carbocycles. The van der Waals surface area contributed by atoms with E-state index in [1.165, 1.54) is 0 Å². The highest BCUT2D eigenvalue weighted by molar-refractivity contribution is 9.10. The van der Waals surface area contributed by atoms with Crippen molar-refractivity contribution in [1.82, 2.24) is 4.90 Å². The number of hydrogen-bond donors (Lipinski definition) is 1. The Labute approximate surface area is 136 Å². The Morgan fingerprint density at radius 2 is 2.05 bits per heavy atom. The molecule has 3 rings (SSSR count). The summed E-state index contributed by atoms with van der Waals surface area (Å²) in [4.78, 5) is 25.3. The molecule has 1 aromatic rings. The van der Waals surface area contributed by atoms with Gasteiger partial charge in [0.15, 0.2) is 11.5 Å². The maximum Gasteiger partial charge on any atom is 0.308 e. The van der Waals surface area contributed by atoms with Gasteiger partial charge in [-0.3, -0.25) is 9.59 Å². The molecule has 1 amide bonds. The minimum absolute atomic E-state index is 0.177. The van der Waals surface area contributed by atoms with Crippen LogP contribution in [0.3, 0.4) is 0 Å². The lowest BCUT2D eigenvalue weighted by Gasteiger charge is -2.31. The molecule has 2 aliphatic heterocycles. The number of ether oxygens (including phenoxy) is 2. The lowest BCUT2D eigenvalue weighted by Crippen LogP contribution is -2.42. The predicted octanol–water partition coefficient (Wildman–Crippen LogP) is 2.16. The molecule has 0 radical (unpaired) electrons. The van der Waals surface area contributed by atoms with E-state index in [4.69, 9.17) is 14.6 Å². The Morgan fingerprint density at radius 3 is 2.82 bits per heavy atom. The van der Waals surface area contributed by atoms with E-state index in [0.29, 0.717) is 54.1 Å². The van der Waals surface area contributed by atoms with Crippen molar-refractivity contribution in [1.29, 1.82) is 0 Å². The molecule has 0 spiro atoms. The number of amides is 1. The molecule has 0 unspecified atom stereocenters. The Morgan fingerprint density at radius 1 is 1.27 bits per heavy atom. The average Bonchev–Trinajstić information content (AvgIpc) is 2.54. The fourth-order valence-electron chi connectivity index (χ4n) is 2.78. The van der Waals surface area contributed by atoms with E-state index in [1.807, 2.05) is 0 Å². The zero-order chi connectivity index (χ0) is 15.7. The van der Waals surface area contributed by atoms with Gasteiger partial charge in [0.1, 0.15) is 13.2 Å². The van der Waals surface area contributed by atoms with E-state index < -0.39 is 11.9 Å². The predicted molar refractivity (Wildman–Crippen MR) is 81.4 cm³/mol. The Balaban J connectivity index is 1.83. The molecule has 1 aromatic carbocycles. The Bertz CT molecular complexity index is 618. The monoisotopic (exact) mass is 369 g/mol. The number of carbonyl (C=O) groups excluding carboxylic acids is 1. The summed E-state index contributed by atoms with van der Waals surface area (Å²) in [7, 11) is 0. The zero-order valence-electron chi connectivity index (χ0n) is 11.9. The van der Waals surface area contributed by atoms with Gasteiger partial charge in [-0.1, -0.05) is 0 Å². The van der Waals surface area contributed by atoms with E-state index in [0.717, 1.165) is 0 Å². The van der Waals surface area contributed by atoms with Crippen LogP contribution in [0.2, 0.25) is 0 Å². The van der Waals surface area contributed by atoms with Crippen LogP contribution in [-0.2, 0) is 4.79 Å². The maximum atomic E-state index is 12.6. The molecule has 7 heteroatoms. The number of benzene rings is 1. The number of halogens is 1. The molecular formula is C15H16BrNO5. The second kappa shape index (κ2) is 6.16. The first kappa shape index (κ1) is 15.1. The number of rotatable bonds is 2. The minimum Gasteiger partial charge on any atom is -0.486 e. The largest absolute Gasteiger partial charge is 0.486 e. The van der Waals surface area contributed by atoms with E-state index in [1.54, 1.807) is 17.0 Å². The number of aliphatic carboxylic acids is 1. The molecule has 6 nitrogen and oxygen atoms in total. The zero-order valence-corrected chi connectivity index (χ0v) is 13.5. The van der Waals surface area contributed by atoms with Crippen molar-refractivity contribution in [2.24, 2.45) is 5.92 Å². The normalized spacial score (nSPS) is 20.6. The summed E-state index contributed by atoms with van der Waals surface area (Å²) < 4.78 is 11.7. The van der Waals surface area contributed by atoms with Gasteiger partial charge in [-0.25, -0.2) is 0 Å². The van der Waals surface area contributed by atoms with E-state index in [9.17, 15) is 9.59 Å². The summed E-state index contributed by atoms with van der Waals surface area (Å²) in [6.07, 6.45) is 1.32. The molecule has 2 heterocycles. The van der Waals surface area contributed by atoms with Gasteiger partial charge >= 0.3 is 5.97 Å². The van der Waals surface area contributed by atoms with E-state index in [-0.39, 0.29) is 12.5 Å². The molecule has 1 N–H and O–H groups in total. The summed E-state index contributed by atoms with van der Waals surface area (Å²) in [5, 5.41) is 9.13. The van der Waals surface area contributed by atoms with Crippen LogP contribution in [0.25, 0.3) is 0 Å². The van der Waals surface area contributed by atoms with Gasteiger partial charge in [0.2, 0.25) is 0 Å². The second-order valence-corrected chi connectivity index (χ2v) is 6.27. The number of carboxylic acid groups (broad SMARTS) is 1. The van der Waals surface area contributed by atoms with Gasteiger partial charge in [0, 0.05) is 18.7 Å². The summed E-state index contributed by atoms with van der Waals surface area (Å²) in [6, 6.07) is 3.35. The number of carboxylic acids is 1. The number of nitrogens with zero attached hydrogens (tertiary/aromatic N) is 1. The van der Waals surface area contributed by atoms with Crippen LogP contribution < -0.4 is 9.47 Å². The van der Waals surface area contributed by atoms with Crippen LogP contribution in [0.4, 0.5) is 0 Å².